The van der Waals surface area contributed by atoms with Crippen LogP contribution < -0.4 is 15.0 Å². The molecular formula is C25H23N5O. The van der Waals surface area contributed by atoms with E-state index in [-0.39, 0.29) is 0 Å². The molecule has 0 aliphatic carbocycles. The number of nitrogens with one attached hydrogen (secondary N) is 1. The smallest absolute Gasteiger partial charge is 0.230 e. The summed E-state index contributed by atoms with van der Waals surface area (Å²) in [7, 11) is 0. The molecule has 0 fully saturated rings. The van der Waals surface area contributed by atoms with Crippen molar-refractivity contribution in [1.82, 2.24) is 15.0 Å². The highest BCUT2D eigenvalue weighted by Crippen LogP contribution is 2.36. The van der Waals surface area contributed by atoms with Crippen LogP contribution in [0, 0.1) is 0 Å². The van der Waals surface area contributed by atoms with Gasteiger partial charge in [-0.3, -0.25) is 0 Å². The van der Waals surface area contributed by atoms with Gasteiger partial charge in [-0.25, -0.2) is 9.97 Å². The van der Waals surface area contributed by atoms with Gasteiger partial charge in [0.05, 0.1) is 0 Å². The fraction of sp³-hybridized carbons (Fsp3) is 0.160. The number of rotatable bonds is 6. The third kappa shape index (κ3) is 4.19. The van der Waals surface area contributed by atoms with Crippen molar-refractivity contribution >= 4 is 23.1 Å². The van der Waals surface area contributed by atoms with Gasteiger partial charge in [0.25, 0.3) is 0 Å². The Morgan fingerprint density at radius 3 is 2.81 bits per heavy atom. The molecule has 0 atom stereocenters. The van der Waals surface area contributed by atoms with Crippen LogP contribution in [0.2, 0.25) is 0 Å². The molecule has 6 heteroatoms. The third-order valence-electron chi connectivity index (χ3n) is 5.32. The van der Waals surface area contributed by atoms with Gasteiger partial charge < -0.3 is 15.0 Å². The van der Waals surface area contributed by atoms with E-state index in [4.69, 9.17) is 4.74 Å². The van der Waals surface area contributed by atoms with E-state index in [1.54, 1.807) is 12.3 Å². The van der Waals surface area contributed by atoms with Gasteiger partial charge in [0.15, 0.2) is 0 Å². The standard InChI is InChI=1S/C25H23N5O/c1-2-18-6-5-7-20(16-18)28-25-27-14-11-24(29-25)31-21-9-10-22-19(17-21)12-15-30(22)23-8-3-4-13-26-23/h3-11,13-14,16-17H,2,12,15H2,1H3,(H,27,28,29). The molecule has 2 aromatic heterocycles. The van der Waals surface area contributed by atoms with Gasteiger partial charge in [-0.1, -0.05) is 25.1 Å². The molecule has 0 bridgehead atoms. The van der Waals surface area contributed by atoms with Gasteiger partial charge in [-0.2, -0.15) is 4.98 Å². The molecule has 0 amide bonds. The van der Waals surface area contributed by atoms with E-state index < -0.39 is 0 Å². The number of aromatic nitrogens is 3. The number of aryl methyl sites for hydroxylation is 1. The van der Waals surface area contributed by atoms with Crippen molar-refractivity contribution in [3.8, 4) is 11.6 Å². The molecule has 0 saturated heterocycles. The maximum absolute atomic E-state index is 6.04. The molecular weight excluding hydrogens is 386 g/mol. The summed E-state index contributed by atoms with van der Waals surface area (Å²) in [5.41, 5.74) is 4.64. The van der Waals surface area contributed by atoms with Crippen molar-refractivity contribution in [3.05, 3.63) is 90.3 Å². The Morgan fingerprint density at radius 1 is 0.968 bits per heavy atom. The number of pyridine rings is 1. The van der Waals surface area contributed by atoms with Crippen LogP contribution >= 0.6 is 0 Å². The van der Waals surface area contributed by atoms with Crippen LogP contribution in [0.25, 0.3) is 0 Å². The molecule has 0 saturated carbocycles. The van der Waals surface area contributed by atoms with Gasteiger partial charge in [0.1, 0.15) is 11.6 Å². The van der Waals surface area contributed by atoms with Crippen molar-refractivity contribution in [1.29, 1.82) is 0 Å². The average molecular weight is 409 g/mol. The Hall–Kier alpha value is -3.93. The highest BCUT2D eigenvalue weighted by molar-refractivity contribution is 5.68. The second-order valence-corrected chi connectivity index (χ2v) is 7.38. The summed E-state index contributed by atoms with van der Waals surface area (Å²) in [6, 6.07) is 22.1. The van der Waals surface area contributed by atoms with E-state index in [0.29, 0.717) is 11.8 Å². The molecule has 154 valence electrons. The first kappa shape index (κ1) is 19.1. The second-order valence-electron chi connectivity index (χ2n) is 7.38. The largest absolute Gasteiger partial charge is 0.439 e. The summed E-state index contributed by atoms with van der Waals surface area (Å²) in [4.78, 5) is 15.5. The van der Waals surface area contributed by atoms with E-state index in [0.717, 1.165) is 36.6 Å². The number of hydrogen-bond acceptors (Lipinski definition) is 6. The zero-order valence-electron chi connectivity index (χ0n) is 17.3. The topological polar surface area (TPSA) is 63.2 Å². The van der Waals surface area contributed by atoms with E-state index in [1.165, 1.54) is 16.8 Å². The Balaban J connectivity index is 1.32. The van der Waals surface area contributed by atoms with Gasteiger partial charge in [0.2, 0.25) is 11.8 Å². The molecule has 1 aliphatic heterocycles. The number of hydrogen-bond donors (Lipinski definition) is 1. The zero-order chi connectivity index (χ0) is 21.0. The van der Waals surface area contributed by atoms with E-state index in [1.807, 2.05) is 42.6 Å². The summed E-state index contributed by atoms with van der Waals surface area (Å²) in [6.45, 7) is 3.05. The summed E-state index contributed by atoms with van der Waals surface area (Å²) in [6.07, 6.45) is 5.46. The molecule has 3 heterocycles. The Morgan fingerprint density at radius 2 is 1.94 bits per heavy atom. The summed E-state index contributed by atoms with van der Waals surface area (Å²) in [5.74, 6) is 2.74. The summed E-state index contributed by atoms with van der Waals surface area (Å²) < 4.78 is 6.04. The SMILES string of the molecule is CCc1cccc(Nc2nccc(Oc3ccc4c(c3)CCN4c3ccccn3)n2)c1. The van der Waals surface area contributed by atoms with Crippen LogP contribution in [0.15, 0.2) is 79.1 Å². The molecule has 1 aliphatic rings. The molecule has 31 heavy (non-hydrogen) atoms. The zero-order valence-corrected chi connectivity index (χ0v) is 17.3. The van der Waals surface area contributed by atoms with Crippen LogP contribution in [0.4, 0.5) is 23.1 Å². The molecule has 5 rings (SSSR count). The Bertz CT molecular complexity index is 1200. The van der Waals surface area contributed by atoms with Crippen molar-refractivity contribution < 1.29 is 4.74 Å². The normalized spacial score (nSPS) is 12.5. The first-order valence-electron chi connectivity index (χ1n) is 10.5. The predicted molar refractivity (Wildman–Crippen MR) is 123 cm³/mol. The number of nitrogens with zero attached hydrogens (tertiary/aromatic N) is 4. The van der Waals surface area contributed by atoms with Crippen molar-refractivity contribution in [2.45, 2.75) is 19.8 Å². The van der Waals surface area contributed by atoms with Gasteiger partial charge in [0, 0.05) is 36.4 Å². The first-order chi connectivity index (χ1) is 15.3. The van der Waals surface area contributed by atoms with Gasteiger partial charge in [-0.05, 0) is 66.4 Å². The Kier molecular flexibility index (Phi) is 5.19. The van der Waals surface area contributed by atoms with Crippen LogP contribution in [-0.2, 0) is 12.8 Å². The number of fused-ring (bicyclic) bond motifs is 1. The summed E-state index contributed by atoms with van der Waals surface area (Å²) >= 11 is 0. The molecule has 1 N–H and O–H groups in total. The van der Waals surface area contributed by atoms with Crippen molar-refractivity contribution in [3.63, 3.8) is 0 Å². The first-order valence-corrected chi connectivity index (χ1v) is 10.5. The van der Waals surface area contributed by atoms with Crippen LogP contribution in [-0.4, -0.2) is 21.5 Å². The highest BCUT2D eigenvalue weighted by Gasteiger charge is 2.21. The summed E-state index contributed by atoms with van der Waals surface area (Å²) in [5, 5.41) is 3.25. The minimum absolute atomic E-state index is 0.503. The van der Waals surface area contributed by atoms with Crippen LogP contribution in [0.3, 0.4) is 0 Å². The molecule has 0 radical (unpaired) electrons. The van der Waals surface area contributed by atoms with Gasteiger partial charge >= 0.3 is 0 Å². The fourth-order valence-electron chi connectivity index (χ4n) is 3.77. The fourth-order valence-corrected chi connectivity index (χ4v) is 3.77. The maximum Gasteiger partial charge on any atom is 0.230 e. The molecule has 2 aromatic carbocycles. The number of benzene rings is 2. The highest BCUT2D eigenvalue weighted by atomic mass is 16.5. The predicted octanol–water partition coefficient (Wildman–Crippen LogP) is 5.66. The van der Waals surface area contributed by atoms with Crippen molar-refractivity contribution in [2.75, 3.05) is 16.8 Å². The average Bonchev–Trinajstić information content (AvgIpc) is 3.23. The molecule has 4 aromatic rings. The lowest BCUT2D eigenvalue weighted by molar-refractivity contribution is 0.462. The number of ether oxygens (including phenoxy) is 1. The lowest BCUT2D eigenvalue weighted by Gasteiger charge is -2.18. The van der Waals surface area contributed by atoms with Crippen LogP contribution in [0.1, 0.15) is 18.1 Å². The maximum atomic E-state index is 6.04. The number of anilines is 4. The Labute approximate surface area is 181 Å². The second kappa shape index (κ2) is 8.44. The van der Waals surface area contributed by atoms with E-state index in [2.05, 4.69) is 56.4 Å². The lowest BCUT2D eigenvalue weighted by atomic mass is 10.1. The van der Waals surface area contributed by atoms with Crippen molar-refractivity contribution in [2.24, 2.45) is 0 Å². The minimum atomic E-state index is 0.503. The molecule has 0 unspecified atom stereocenters. The van der Waals surface area contributed by atoms with Gasteiger partial charge in [-0.15, -0.1) is 0 Å². The minimum Gasteiger partial charge on any atom is -0.439 e. The quantitative estimate of drug-likeness (QED) is 0.443. The monoisotopic (exact) mass is 409 g/mol. The molecule has 0 spiro atoms. The lowest BCUT2D eigenvalue weighted by Crippen LogP contribution is -2.14. The van der Waals surface area contributed by atoms with E-state index in [9.17, 15) is 0 Å². The van der Waals surface area contributed by atoms with Crippen LogP contribution in [0.5, 0.6) is 11.6 Å². The van der Waals surface area contributed by atoms with E-state index >= 15 is 0 Å². The third-order valence-corrected chi connectivity index (χ3v) is 5.32. The molecule has 6 nitrogen and oxygen atoms in total.